The van der Waals surface area contributed by atoms with E-state index in [-0.39, 0.29) is 17.9 Å². The SMILES string of the molecule is CCC(CC)C(=O)NC(C)c1cccc(C=CC(=O)O)c1. The van der Waals surface area contributed by atoms with Crippen molar-refractivity contribution in [1.82, 2.24) is 5.32 Å². The van der Waals surface area contributed by atoms with E-state index in [1.807, 2.05) is 45.0 Å². The van der Waals surface area contributed by atoms with Crippen LogP contribution < -0.4 is 5.32 Å². The molecule has 1 rings (SSSR count). The quantitative estimate of drug-likeness (QED) is 0.756. The number of carbonyl (C=O) groups excluding carboxylic acids is 1. The maximum atomic E-state index is 12.1. The van der Waals surface area contributed by atoms with Crippen LogP contribution >= 0.6 is 0 Å². The topological polar surface area (TPSA) is 66.4 Å². The Kier molecular flexibility index (Phi) is 6.66. The molecule has 1 aromatic carbocycles. The van der Waals surface area contributed by atoms with Crippen LogP contribution in [0.25, 0.3) is 6.08 Å². The summed E-state index contributed by atoms with van der Waals surface area (Å²) in [6, 6.07) is 7.40. The third-order valence-electron chi connectivity index (χ3n) is 3.54. The first-order valence-corrected chi connectivity index (χ1v) is 7.29. The van der Waals surface area contributed by atoms with Crippen LogP contribution in [0.2, 0.25) is 0 Å². The zero-order chi connectivity index (χ0) is 15.8. The fraction of sp³-hybridized carbons (Fsp3) is 0.412. The highest BCUT2D eigenvalue weighted by Gasteiger charge is 2.16. The third kappa shape index (κ3) is 5.42. The van der Waals surface area contributed by atoms with Crippen molar-refractivity contribution in [3.8, 4) is 0 Å². The molecular weight excluding hydrogens is 266 g/mol. The minimum absolute atomic E-state index is 0.0440. The minimum atomic E-state index is -0.976. The van der Waals surface area contributed by atoms with Gasteiger partial charge in [-0.15, -0.1) is 0 Å². The normalized spacial score (nSPS) is 12.6. The predicted molar refractivity (Wildman–Crippen MR) is 83.7 cm³/mol. The molecular formula is C17H23NO3. The highest BCUT2D eigenvalue weighted by atomic mass is 16.4. The Morgan fingerprint density at radius 3 is 2.52 bits per heavy atom. The molecule has 0 spiro atoms. The highest BCUT2D eigenvalue weighted by molar-refractivity contribution is 5.85. The summed E-state index contributed by atoms with van der Waals surface area (Å²) in [5.74, 6) is -0.864. The maximum Gasteiger partial charge on any atom is 0.328 e. The van der Waals surface area contributed by atoms with Gasteiger partial charge in [0.1, 0.15) is 0 Å². The largest absolute Gasteiger partial charge is 0.478 e. The first-order chi connectivity index (χ1) is 9.97. The van der Waals surface area contributed by atoms with E-state index in [1.54, 1.807) is 6.08 Å². The third-order valence-corrected chi connectivity index (χ3v) is 3.54. The summed E-state index contributed by atoms with van der Waals surface area (Å²) in [6.07, 6.45) is 4.31. The second-order valence-electron chi connectivity index (χ2n) is 5.09. The lowest BCUT2D eigenvalue weighted by molar-refractivity contribution is -0.131. The molecule has 0 heterocycles. The van der Waals surface area contributed by atoms with Gasteiger partial charge in [-0.3, -0.25) is 4.79 Å². The molecule has 0 saturated carbocycles. The van der Waals surface area contributed by atoms with Gasteiger partial charge in [-0.25, -0.2) is 4.79 Å². The molecule has 4 nitrogen and oxygen atoms in total. The average Bonchev–Trinajstić information content (AvgIpc) is 2.46. The summed E-state index contributed by atoms with van der Waals surface area (Å²) >= 11 is 0. The predicted octanol–water partition coefficient (Wildman–Crippen LogP) is 3.40. The molecule has 0 aliphatic carbocycles. The Balaban J connectivity index is 2.78. The molecule has 0 aromatic heterocycles. The summed E-state index contributed by atoms with van der Waals surface area (Å²) in [6.45, 7) is 5.95. The molecule has 21 heavy (non-hydrogen) atoms. The molecule has 114 valence electrons. The van der Waals surface area contributed by atoms with E-state index in [0.29, 0.717) is 0 Å². The van der Waals surface area contributed by atoms with Crippen molar-refractivity contribution in [2.75, 3.05) is 0 Å². The number of carboxylic acid groups (broad SMARTS) is 1. The summed E-state index contributed by atoms with van der Waals surface area (Å²) < 4.78 is 0. The summed E-state index contributed by atoms with van der Waals surface area (Å²) in [7, 11) is 0. The van der Waals surface area contributed by atoms with Crippen molar-refractivity contribution in [3.63, 3.8) is 0 Å². The van der Waals surface area contributed by atoms with E-state index in [1.165, 1.54) is 0 Å². The summed E-state index contributed by atoms with van der Waals surface area (Å²) in [4.78, 5) is 22.6. The van der Waals surface area contributed by atoms with E-state index in [2.05, 4.69) is 5.32 Å². The van der Waals surface area contributed by atoms with Gasteiger partial charge in [-0.2, -0.15) is 0 Å². The summed E-state index contributed by atoms with van der Waals surface area (Å²) in [5.41, 5.74) is 1.76. The number of rotatable bonds is 7. The number of carboxylic acids is 1. The summed E-state index contributed by atoms with van der Waals surface area (Å²) in [5, 5.41) is 11.7. The number of carbonyl (C=O) groups is 2. The van der Waals surface area contributed by atoms with Gasteiger partial charge in [-0.05, 0) is 43.0 Å². The lowest BCUT2D eigenvalue weighted by Crippen LogP contribution is -2.32. The van der Waals surface area contributed by atoms with Crippen molar-refractivity contribution in [2.24, 2.45) is 5.92 Å². The molecule has 0 aliphatic heterocycles. The first kappa shape index (κ1) is 17.0. The van der Waals surface area contributed by atoms with Crippen LogP contribution in [0.5, 0.6) is 0 Å². The van der Waals surface area contributed by atoms with Crippen LogP contribution in [-0.2, 0) is 9.59 Å². The zero-order valence-electron chi connectivity index (χ0n) is 12.8. The van der Waals surface area contributed by atoms with Gasteiger partial charge in [0.05, 0.1) is 6.04 Å². The fourth-order valence-corrected chi connectivity index (χ4v) is 2.17. The van der Waals surface area contributed by atoms with Crippen molar-refractivity contribution in [1.29, 1.82) is 0 Å². The minimum Gasteiger partial charge on any atom is -0.478 e. The van der Waals surface area contributed by atoms with Crippen molar-refractivity contribution >= 4 is 18.0 Å². The molecule has 2 N–H and O–H groups in total. The zero-order valence-corrected chi connectivity index (χ0v) is 12.8. The van der Waals surface area contributed by atoms with Gasteiger partial charge in [0.25, 0.3) is 0 Å². The van der Waals surface area contributed by atoms with Crippen LogP contribution in [0.3, 0.4) is 0 Å². The van der Waals surface area contributed by atoms with Crippen LogP contribution in [0, 0.1) is 5.92 Å². The van der Waals surface area contributed by atoms with E-state index >= 15 is 0 Å². The highest BCUT2D eigenvalue weighted by Crippen LogP contribution is 2.17. The van der Waals surface area contributed by atoms with Gasteiger partial charge in [0.2, 0.25) is 5.91 Å². The second kappa shape index (κ2) is 8.25. The van der Waals surface area contributed by atoms with Crippen LogP contribution in [0.15, 0.2) is 30.3 Å². The molecule has 0 fully saturated rings. The molecule has 4 heteroatoms. The Bertz CT molecular complexity index is 519. The van der Waals surface area contributed by atoms with Gasteiger partial charge in [-0.1, -0.05) is 32.0 Å². The Labute approximate surface area is 125 Å². The van der Waals surface area contributed by atoms with Gasteiger partial charge < -0.3 is 10.4 Å². The van der Waals surface area contributed by atoms with Crippen molar-refractivity contribution in [3.05, 3.63) is 41.5 Å². The number of benzene rings is 1. The van der Waals surface area contributed by atoms with Crippen LogP contribution in [-0.4, -0.2) is 17.0 Å². The molecule has 1 amide bonds. The molecule has 0 aliphatic rings. The number of amides is 1. The number of aliphatic carboxylic acids is 1. The Hall–Kier alpha value is -2.10. The first-order valence-electron chi connectivity index (χ1n) is 7.29. The smallest absolute Gasteiger partial charge is 0.328 e. The van der Waals surface area contributed by atoms with E-state index in [0.717, 1.165) is 30.0 Å². The Morgan fingerprint density at radius 1 is 1.29 bits per heavy atom. The second-order valence-corrected chi connectivity index (χ2v) is 5.09. The number of hydrogen-bond donors (Lipinski definition) is 2. The monoisotopic (exact) mass is 289 g/mol. The molecule has 1 atom stereocenters. The lowest BCUT2D eigenvalue weighted by atomic mass is 10.0. The molecule has 1 aromatic rings. The standard InChI is InChI=1S/C17H23NO3/c1-4-14(5-2)17(21)18-12(3)15-8-6-7-13(11-15)9-10-16(19)20/h6-12,14H,4-5H2,1-3H3,(H,18,21)(H,19,20). The van der Waals surface area contributed by atoms with E-state index in [4.69, 9.17) is 5.11 Å². The van der Waals surface area contributed by atoms with Gasteiger partial charge in [0.15, 0.2) is 0 Å². The maximum absolute atomic E-state index is 12.1. The van der Waals surface area contributed by atoms with E-state index in [9.17, 15) is 9.59 Å². The van der Waals surface area contributed by atoms with Crippen molar-refractivity contribution in [2.45, 2.75) is 39.7 Å². The van der Waals surface area contributed by atoms with Crippen LogP contribution in [0.4, 0.5) is 0 Å². The van der Waals surface area contributed by atoms with Crippen molar-refractivity contribution < 1.29 is 14.7 Å². The van der Waals surface area contributed by atoms with E-state index < -0.39 is 5.97 Å². The van der Waals surface area contributed by atoms with Crippen LogP contribution in [0.1, 0.15) is 50.8 Å². The lowest BCUT2D eigenvalue weighted by Gasteiger charge is -2.19. The van der Waals surface area contributed by atoms with Gasteiger partial charge in [0, 0.05) is 12.0 Å². The molecule has 1 unspecified atom stereocenters. The van der Waals surface area contributed by atoms with Gasteiger partial charge >= 0.3 is 5.97 Å². The number of nitrogens with one attached hydrogen (secondary N) is 1. The molecule has 0 radical (unpaired) electrons. The number of hydrogen-bond acceptors (Lipinski definition) is 2. The average molecular weight is 289 g/mol. The fourth-order valence-electron chi connectivity index (χ4n) is 2.17. The Morgan fingerprint density at radius 2 is 1.95 bits per heavy atom. The molecule has 0 bridgehead atoms. The molecule has 0 saturated heterocycles.